The lowest BCUT2D eigenvalue weighted by Gasteiger charge is -2.33. The topological polar surface area (TPSA) is 81.1 Å². The van der Waals surface area contributed by atoms with E-state index in [2.05, 4.69) is 9.97 Å². The first-order valence-electron chi connectivity index (χ1n) is 5.58. The van der Waals surface area contributed by atoms with Gasteiger partial charge in [-0.1, -0.05) is 0 Å². The molecule has 1 aromatic heterocycles. The Bertz CT molecular complexity index is 406. The van der Waals surface area contributed by atoms with Gasteiger partial charge in [-0.2, -0.15) is 23.1 Å². The van der Waals surface area contributed by atoms with Crippen LogP contribution < -0.4 is 16.4 Å². The van der Waals surface area contributed by atoms with Crippen molar-refractivity contribution in [2.45, 2.75) is 19.0 Å². The molecule has 1 aliphatic rings. The summed E-state index contributed by atoms with van der Waals surface area (Å²) in [4.78, 5) is 9.44. The van der Waals surface area contributed by atoms with Gasteiger partial charge in [-0.25, -0.2) is 0 Å². The number of anilines is 3. The Labute approximate surface area is 102 Å². The molecule has 0 saturated carbocycles. The van der Waals surface area contributed by atoms with Gasteiger partial charge in [0.05, 0.1) is 5.92 Å². The van der Waals surface area contributed by atoms with Crippen molar-refractivity contribution in [3.05, 3.63) is 6.07 Å². The van der Waals surface area contributed by atoms with E-state index in [0.29, 0.717) is 18.9 Å². The van der Waals surface area contributed by atoms with E-state index in [1.165, 1.54) is 6.07 Å². The molecule has 0 unspecified atom stereocenters. The first-order valence-corrected chi connectivity index (χ1v) is 5.58. The SMILES string of the molecule is Nc1cc(N2CCC(C(F)(F)F)CC2)nc(N)n1. The fourth-order valence-corrected chi connectivity index (χ4v) is 2.07. The molecule has 18 heavy (non-hydrogen) atoms. The van der Waals surface area contributed by atoms with Crippen LogP contribution in [0.4, 0.5) is 30.8 Å². The highest BCUT2D eigenvalue weighted by atomic mass is 19.4. The van der Waals surface area contributed by atoms with Gasteiger partial charge in [-0.15, -0.1) is 0 Å². The Balaban J connectivity index is 2.05. The van der Waals surface area contributed by atoms with E-state index in [1.807, 2.05) is 0 Å². The summed E-state index contributed by atoms with van der Waals surface area (Å²) in [5.74, 6) is -0.496. The maximum Gasteiger partial charge on any atom is 0.391 e. The molecule has 8 heteroatoms. The average Bonchev–Trinajstić information content (AvgIpc) is 2.27. The Morgan fingerprint density at radius 3 is 2.28 bits per heavy atom. The third-order valence-electron chi connectivity index (χ3n) is 3.03. The summed E-state index contributed by atoms with van der Waals surface area (Å²) in [7, 11) is 0. The van der Waals surface area contributed by atoms with Gasteiger partial charge >= 0.3 is 6.18 Å². The number of hydrogen-bond acceptors (Lipinski definition) is 5. The van der Waals surface area contributed by atoms with E-state index >= 15 is 0 Å². The zero-order valence-electron chi connectivity index (χ0n) is 9.61. The molecule has 1 aliphatic heterocycles. The lowest BCUT2D eigenvalue weighted by molar-refractivity contribution is -0.179. The van der Waals surface area contributed by atoms with Gasteiger partial charge in [-0.3, -0.25) is 0 Å². The van der Waals surface area contributed by atoms with Gasteiger partial charge in [-0.05, 0) is 12.8 Å². The van der Waals surface area contributed by atoms with Crippen molar-refractivity contribution >= 4 is 17.6 Å². The number of halogens is 3. The van der Waals surface area contributed by atoms with Crippen LogP contribution in [0.1, 0.15) is 12.8 Å². The van der Waals surface area contributed by atoms with Crippen LogP contribution in [0.15, 0.2) is 6.07 Å². The molecule has 100 valence electrons. The number of nitrogens with two attached hydrogens (primary N) is 2. The second-order valence-electron chi connectivity index (χ2n) is 4.31. The Kier molecular flexibility index (Phi) is 3.18. The second kappa shape index (κ2) is 4.51. The maximum atomic E-state index is 12.5. The number of alkyl halides is 3. The standard InChI is InChI=1S/C10H14F3N5/c11-10(12,13)6-1-3-18(4-2-6)8-5-7(14)16-9(15)17-8/h5-6H,1-4H2,(H4,14,15,16,17). The molecule has 4 N–H and O–H groups in total. The molecule has 1 saturated heterocycles. The lowest BCUT2D eigenvalue weighted by Crippen LogP contribution is -2.39. The number of rotatable bonds is 1. The second-order valence-corrected chi connectivity index (χ2v) is 4.31. The maximum absolute atomic E-state index is 12.5. The Morgan fingerprint density at radius 2 is 1.78 bits per heavy atom. The highest BCUT2D eigenvalue weighted by molar-refractivity contribution is 5.50. The minimum atomic E-state index is -4.12. The van der Waals surface area contributed by atoms with Gasteiger partial charge in [0.2, 0.25) is 5.95 Å². The van der Waals surface area contributed by atoms with Crippen molar-refractivity contribution in [1.82, 2.24) is 9.97 Å². The van der Waals surface area contributed by atoms with E-state index in [9.17, 15) is 13.2 Å². The number of piperidine rings is 1. The van der Waals surface area contributed by atoms with E-state index < -0.39 is 12.1 Å². The zero-order chi connectivity index (χ0) is 13.3. The highest BCUT2D eigenvalue weighted by Gasteiger charge is 2.41. The van der Waals surface area contributed by atoms with Gasteiger partial charge in [0.1, 0.15) is 11.6 Å². The van der Waals surface area contributed by atoms with Crippen molar-refractivity contribution in [3.63, 3.8) is 0 Å². The van der Waals surface area contributed by atoms with Gasteiger partial charge < -0.3 is 16.4 Å². The van der Waals surface area contributed by atoms with Crippen molar-refractivity contribution in [1.29, 1.82) is 0 Å². The molecule has 1 fully saturated rings. The minimum absolute atomic E-state index is 0.0305. The summed E-state index contributed by atoms with van der Waals surface area (Å²) in [6.45, 7) is 0.583. The van der Waals surface area contributed by atoms with Crippen molar-refractivity contribution in [3.8, 4) is 0 Å². The summed E-state index contributed by atoms with van der Waals surface area (Å²) < 4.78 is 37.5. The van der Waals surface area contributed by atoms with Crippen LogP contribution in [-0.4, -0.2) is 29.2 Å². The number of aromatic nitrogens is 2. The van der Waals surface area contributed by atoms with Crippen LogP contribution >= 0.6 is 0 Å². The molecule has 0 spiro atoms. The summed E-state index contributed by atoms with van der Waals surface area (Å²) >= 11 is 0. The van der Waals surface area contributed by atoms with Crippen LogP contribution in [0, 0.1) is 5.92 Å². The van der Waals surface area contributed by atoms with Crippen LogP contribution in [0.2, 0.25) is 0 Å². The van der Waals surface area contributed by atoms with Gasteiger partial charge in [0.15, 0.2) is 0 Å². The first-order chi connectivity index (χ1) is 8.36. The molecule has 0 aromatic carbocycles. The van der Waals surface area contributed by atoms with E-state index in [-0.39, 0.29) is 24.6 Å². The smallest absolute Gasteiger partial charge is 0.383 e. The largest absolute Gasteiger partial charge is 0.391 e. The predicted octanol–water partition coefficient (Wildman–Crippen LogP) is 1.42. The third kappa shape index (κ3) is 2.74. The third-order valence-corrected chi connectivity index (χ3v) is 3.03. The molecule has 2 rings (SSSR count). The van der Waals surface area contributed by atoms with Crippen LogP contribution in [-0.2, 0) is 0 Å². The van der Waals surface area contributed by atoms with Crippen LogP contribution in [0.25, 0.3) is 0 Å². The summed E-state index contributed by atoms with van der Waals surface area (Å²) in [5, 5.41) is 0. The van der Waals surface area contributed by atoms with E-state index in [4.69, 9.17) is 11.5 Å². The van der Waals surface area contributed by atoms with Crippen molar-refractivity contribution in [2.75, 3.05) is 29.5 Å². The summed E-state index contributed by atoms with van der Waals surface area (Å²) in [6, 6.07) is 1.52. The van der Waals surface area contributed by atoms with Gasteiger partial charge in [0.25, 0.3) is 0 Å². The highest BCUT2D eigenvalue weighted by Crippen LogP contribution is 2.35. The fraction of sp³-hybridized carbons (Fsp3) is 0.600. The first kappa shape index (κ1) is 12.7. The normalized spacial score (nSPS) is 18.1. The lowest BCUT2D eigenvalue weighted by atomic mass is 9.96. The number of nitrogen functional groups attached to an aromatic ring is 2. The molecule has 0 atom stereocenters. The Morgan fingerprint density at radius 1 is 1.17 bits per heavy atom. The molecule has 0 bridgehead atoms. The molecular weight excluding hydrogens is 247 g/mol. The predicted molar refractivity (Wildman–Crippen MR) is 61.8 cm³/mol. The van der Waals surface area contributed by atoms with E-state index in [0.717, 1.165) is 0 Å². The summed E-state index contributed by atoms with van der Waals surface area (Å²) in [6.07, 6.45) is -3.99. The quantitative estimate of drug-likeness (QED) is 0.799. The molecule has 0 amide bonds. The molecule has 2 heterocycles. The zero-order valence-corrected chi connectivity index (χ0v) is 9.61. The van der Waals surface area contributed by atoms with Crippen molar-refractivity contribution < 1.29 is 13.2 Å². The van der Waals surface area contributed by atoms with Crippen LogP contribution in [0.5, 0.6) is 0 Å². The molecular formula is C10H14F3N5. The van der Waals surface area contributed by atoms with Crippen LogP contribution in [0.3, 0.4) is 0 Å². The minimum Gasteiger partial charge on any atom is -0.383 e. The fourth-order valence-electron chi connectivity index (χ4n) is 2.07. The van der Waals surface area contributed by atoms with E-state index in [1.54, 1.807) is 4.90 Å². The van der Waals surface area contributed by atoms with Crippen molar-refractivity contribution in [2.24, 2.45) is 5.92 Å². The van der Waals surface area contributed by atoms with Gasteiger partial charge in [0, 0.05) is 19.2 Å². The number of hydrogen-bond donors (Lipinski definition) is 2. The molecule has 5 nitrogen and oxygen atoms in total. The molecule has 0 radical (unpaired) electrons. The molecule has 1 aromatic rings. The monoisotopic (exact) mass is 261 g/mol. The number of nitrogens with zero attached hydrogens (tertiary/aromatic N) is 3. The Hall–Kier alpha value is -1.73. The molecule has 0 aliphatic carbocycles. The summed E-state index contributed by atoms with van der Waals surface area (Å²) in [5.41, 5.74) is 11.0. The average molecular weight is 261 g/mol.